The monoisotopic (exact) mass is 516 g/mol. The summed E-state index contributed by atoms with van der Waals surface area (Å²) in [5.74, 6) is -2.67. The second-order valence-electron chi connectivity index (χ2n) is 10.1. The fourth-order valence-corrected chi connectivity index (χ4v) is 9.44. The molecule has 0 aliphatic carbocycles. The Bertz CT molecular complexity index is 1130. The molecule has 3 aromatic carbocycles. The predicted molar refractivity (Wildman–Crippen MR) is 149 cm³/mol. The average molecular weight is 517 g/mol. The lowest BCUT2D eigenvalue weighted by atomic mass is 9.89. The molecule has 0 amide bonds. The number of hydrogen-bond donors (Lipinski definition) is 0. The molecular weight excluding hydrogens is 480 g/mol. The number of hydrogen-bond acceptors (Lipinski definition) is 5. The SMILES string of the molecule is CCOC(=O)C(=O)CC(=O)C(CCO[Si](c1ccccc1)(c1ccccc1)C(C)(C)C)c1ccccc1. The van der Waals surface area contributed by atoms with E-state index in [9.17, 15) is 14.4 Å². The maximum Gasteiger partial charge on any atom is 0.375 e. The van der Waals surface area contributed by atoms with Crippen LogP contribution in [0.25, 0.3) is 0 Å². The highest BCUT2D eigenvalue weighted by molar-refractivity contribution is 6.99. The lowest BCUT2D eigenvalue weighted by molar-refractivity contribution is -0.154. The summed E-state index contributed by atoms with van der Waals surface area (Å²) in [6.07, 6.45) is -0.0962. The summed E-state index contributed by atoms with van der Waals surface area (Å²) < 4.78 is 11.8. The number of Topliss-reactive ketones (excluding diaryl/α,β-unsaturated/α-hetero) is 2. The molecule has 3 aromatic rings. The topological polar surface area (TPSA) is 69.7 Å². The molecule has 194 valence electrons. The van der Waals surface area contributed by atoms with Crippen LogP contribution in [0.4, 0.5) is 0 Å². The van der Waals surface area contributed by atoms with Gasteiger partial charge in [-0.3, -0.25) is 9.59 Å². The normalized spacial score (nSPS) is 12.5. The Labute approximate surface area is 221 Å². The zero-order valence-corrected chi connectivity index (χ0v) is 23.1. The van der Waals surface area contributed by atoms with Crippen LogP contribution >= 0.6 is 0 Å². The molecule has 0 N–H and O–H groups in total. The van der Waals surface area contributed by atoms with Crippen molar-refractivity contribution in [3.8, 4) is 0 Å². The number of ketones is 2. The highest BCUT2D eigenvalue weighted by Gasteiger charge is 2.50. The van der Waals surface area contributed by atoms with Crippen LogP contribution in [0.2, 0.25) is 5.04 Å². The minimum Gasteiger partial charge on any atom is -0.460 e. The van der Waals surface area contributed by atoms with Gasteiger partial charge in [-0.2, -0.15) is 0 Å². The Hall–Kier alpha value is -3.35. The first-order chi connectivity index (χ1) is 17.7. The quantitative estimate of drug-likeness (QED) is 0.149. The van der Waals surface area contributed by atoms with E-state index >= 15 is 0 Å². The van der Waals surface area contributed by atoms with E-state index in [4.69, 9.17) is 9.16 Å². The Balaban J connectivity index is 1.92. The molecule has 0 aromatic heterocycles. The van der Waals surface area contributed by atoms with Crippen molar-refractivity contribution < 1.29 is 23.5 Å². The van der Waals surface area contributed by atoms with Gasteiger partial charge in [-0.15, -0.1) is 0 Å². The molecule has 1 unspecified atom stereocenters. The van der Waals surface area contributed by atoms with Crippen LogP contribution in [0.1, 0.15) is 52.0 Å². The molecule has 0 bridgehead atoms. The number of ether oxygens (including phenoxy) is 1. The molecule has 3 rings (SSSR count). The van der Waals surface area contributed by atoms with Crippen molar-refractivity contribution in [1.29, 1.82) is 0 Å². The van der Waals surface area contributed by atoms with Gasteiger partial charge in [0.05, 0.1) is 13.0 Å². The third kappa shape index (κ3) is 6.70. The third-order valence-corrected chi connectivity index (χ3v) is 11.6. The van der Waals surface area contributed by atoms with E-state index in [-0.39, 0.29) is 17.4 Å². The van der Waals surface area contributed by atoms with Crippen LogP contribution in [0.5, 0.6) is 0 Å². The summed E-state index contributed by atoms with van der Waals surface area (Å²) in [6, 6.07) is 30.0. The Kier molecular flexibility index (Phi) is 9.72. The zero-order chi connectivity index (χ0) is 26.9. The van der Waals surface area contributed by atoms with Gasteiger partial charge >= 0.3 is 5.97 Å². The van der Waals surface area contributed by atoms with Gasteiger partial charge in [0, 0.05) is 12.5 Å². The lowest BCUT2D eigenvalue weighted by Gasteiger charge is -2.43. The first-order valence-corrected chi connectivity index (χ1v) is 14.6. The van der Waals surface area contributed by atoms with Crippen LogP contribution in [0.3, 0.4) is 0 Å². The van der Waals surface area contributed by atoms with Crippen molar-refractivity contribution in [3.05, 3.63) is 96.6 Å². The molecular formula is C31H36O5Si. The summed E-state index contributed by atoms with van der Waals surface area (Å²) in [7, 11) is -2.76. The second-order valence-corrected chi connectivity index (χ2v) is 14.4. The van der Waals surface area contributed by atoms with Crippen molar-refractivity contribution in [1.82, 2.24) is 0 Å². The van der Waals surface area contributed by atoms with Crippen LogP contribution in [-0.4, -0.2) is 39.1 Å². The molecule has 6 heteroatoms. The van der Waals surface area contributed by atoms with Crippen LogP contribution in [-0.2, 0) is 23.5 Å². The van der Waals surface area contributed by atoms with E-state index in [0.29, 0.717) is 13.0 Å². The average Bonchev–Trinajstić information content (AvgIpc) is 2.89. The Morgan fingerprint density at radius 2 is 1.27 bits per heavy atom. The van der Waals surface area contributed by atoms with Crippen LogP contribution < -0.4 is 10.4 Å². The Morgan fingerprint density at radius 1 is 0.784 bits per heavy atom. The standard InChI is InChI=1S/C31H36O5Si/c1-5-35-30(34)29(33)23-28(32)27(24-15-9-6-10-16-24)21-22-36-37(31(2,3)4,25-17-11-7-12-18-25)26-19-13-8-14-20-26/h6-20,27H,5,21-23H2,1-4H3. The van der Waals surface area contributed by atoms with Gasteiger partial charge in [0.15, 0.2) is 0 Å². The van der Waals surface area contributed by atoms with Crippen molar-refractivity contribution in [3.63, 3.8) is 0 Å². The molecule has 5 nitrogen and oxygen atoms in total. The number of rotatable bonds is 12. The van der Waals surface area contributed by atoms with Gasteiger partial charge in [-0.25, -0.2) is 4.79 Å². The third-order valence-electron chi connectivity index (χ3n) is 6.57. The smallest absolute Gasteiger partial charge is 0.375 e. The van der Waals surface area contributed by atoms with Crippen molar-refractivity contribution in [2.24, 2.45) is 0 Å². The second kappa shape index (κ2) is 12.7. The van der Waals surface area contributed by atoms with E-state index in [1.165, 1.54) is 0 Å². The van der Waals surface area contributed by atoms with Crippen molar-refractivity contribution in [2.45, 2.75) is 51.5 Å². The molecule has 0 saturated heterocycles. The number of benzene rings is 3. The predicted octanol–water partition coefficient (Wildman–Crippen LogP) is 4.83. The summed E-state index contributed by atoms with van der Waals surface area (Å²) in [5, 5.41) is 2.13. The molecule has 1 atom stereocenters. The summed E-state index contributed by atoms with van der Waals surface area (Å²) in [5.41, 5.74) is 0.801. The summed E-state index contributed by atoms with van der Waals surface area (Å²) in [4.78, 5) is 37.4. The largest absolute Gasteiger partial charge is 0.460 e. The van der Waals surface area contributed by atoms with Crippen molar-refractivity contribution >= 4 is 36.2 Å². The first-order valence-electron chi connectivity index (χ1n) is 12.7. The summed E-state index contributed by atoms with van der Waals surface area (Å²) >= 11 is 0. The molecule has 0 spiro atoms. The van der Waals surface area contributed by atoms with Crippen LogP contribution in [0.15, 0.2) is 91.0 Å². The molecule has 0 saturated carbocycles. The highest BCUT2D eigenvalue weighted by Crippen LogP contribution is 2.37. The van der Waals surface area contributed by atoms with E-state index in [1.807, 2.05) is 66.7 Å². The molecule has 0 fully saturated rings. The van der Waals surface area contributed by atoms with E-state index < -0.39 is 32.4 Å². The van der Waals surface area contributed by atoms with E-state index in [2.05, 4.69) is 45.0 Å². The van der Waals surface area contributed by atoms with Gasteiger partial charge in [0.1, 0.15) is 5.78 Å². The van der Waals surface area contributed by atoms with Gasteiger partial charge < -0.3 is 9.16 Å². The fraction of sp³-hybridized carbons (Fsp3) is 0.323. The lowest BCUT2D eigenvalue weighted by Crippen LogP contribution is -2.66. The van der Waals surface area contributed by atoms with Gasteiger partial charge in [0.2, 0.25) is 5.78 Å². The molecule has 0 radical (unpaired) electrons. The highest BCUT2D eigenvalue weighted by atomic mass is 28.4. The fourth-order valence-electron chi connectivity index (χ4n) is 4.86. The Morgan fingerprint density at radius 3 is 1.73 bits per heavy atom. The maximum absolute atomic E-state index is 13.3. The zero-order valence-electron chi connectivity index (χ0n) is 22.1. The number of carbonyl (C=O) groups is 3. The number of carbonyl (C=O) groups excluding carboxylic acids is 3. The van der Waals surface area contributed by atoms with E-state index in [0.717, 1.165) is 15.9 Å². The molecule has 0 aliphatic heterocycles. The van der Waals surface area contributed by atoms with Crippen LogP contribution in [0, 0.1) is 0 Å². The summed E-state index contributed by atoms with van der Waals surface area (Å²) in [6.45, 7) is 8.66. The van der Waals surface area contributed by atoms with Gasteiger partial charge in [-0.05, 0) is 34.3 Å². The minimum atomic E-state index is -2.76. The van der Waals surface area contributed by atoms with Gasteiger partial charge in [0.25, 0.3) is 8.32 Å². The number of esters is 1. The van der Waals surface area contributed by atoms with E-state index in [1.54, 1.807) is 6.92 Å². The first kappa shape index (κ1) is 28.2. The maximum atomic E-state index is 13.3. The minimum absolute atomic E-state index is 0.0905. The van der Waals surface area contributed by atoms with Crippen molar-refractivity contribution in [2.75, 3.05) is 13.2 Å². The molecule has 37 heavy (non-hydrogen) atoms. The van der Waals surface area contributed by atoms with Gasteiger partial charge in [-0.1, -0.05) is 112 Å². The molecule has 0 heterocycles. The molecule has 0 aliphatic rings.